The Bertz CT molecular complexity index is 732. The first kappa shape index (κ1) is 20.5. The van der Waals surface area contributed by atoms with Crippen LogP contribution in [0.1, 0.15) is 49.5 Å². The number of hydrogen-bond donors (Lipinski definition) is 0. The van der Waals surface area contributed by atoms with Gasteiger partial charge in [-0.25, -0.2) is 4.68 Å². The second-order valence-electron chi connectivity index (χ2n) is 7.64. The van der Waals surface area contributed by atoms with Crippen molar-refractivity contribution in [1.82, 2.24) is 24.5 Å². The SMILES string of the molecule is CCCn1nc(C(=O)N2CCN(CC(=O)N3CCCCCC3)CC2)ccc1=O. The van der Waals surface area contributed by atoms with Crippen LogP contribution in [-0.2, 0) is 11.3 Å². The predicted molar refractivity (Wildman–Crippen MR) is 106 cm³/mol. The summed E-state index contributed by atoms with van der Waals surface area (Å²) in [5.74, 6) is 0.0540. The molecule has 2 fully saturated rings. The standard InChI is InChI=1S/C20H31N5O3/c1-2-9-25-18(26)8-7-17(21-25)20(28)24-14-12-22(13-15-24)16-19(27)23-10-5-3-4-6-11-23/h7-8H,2-6,9-16H2,1H3. The van der Waals surface area contributed by atoms with E-state index in [1.54, 1.807) is 4.90 Å². The van der Waals surface area contributed by atoms with E-state index in [-0.39, 0.29) is 17.4 Å². The maximum absolute atomic E-state index is 12.7. The van der Waals surface area contributed by atoms with Gasteiger partial charge in [0.25, 0.3) is 11.5 Å². The molecule has 3 heterocycles. The molecule has 154 valence electrons. The number of rotatable bonds is 5. The van der Waals surface area contributed by atoms with E-state index < -0.39 is 0 Å². The molecule has 1 aromatic rings. The molecule has 2 aliphatic heterocycles. The highest BCUT2D eigenvalue weighted by Crippen LogP contribution is 2.11. The van der Waals surface area contributed by atoms with Crippen molar-refractivity contribution in [2.24, 2.45) is 0 Å². The second-order valence-corrected chi connectivity index (χ2v) is 7.64. The molecule has 0 N–H and O–H groups in total. The third kappa shape index (κ3) is 5.19. The number of nitrogens with zero attached hydrogens (tertiary/aromatic N) is 5. The monoisotopic (exact) mass is 389 g/mol. The van der Waals surface area contributed by atoms with E-state index in [4.69, 9.17) is 0 Å². The molecule has 0 radical (unpaired) electrons. The topological polar surface area (TPSA) is 78.8 Å². The molecule has 0 unspecified atom stereocenters. The molecule has 0 aliphatic carbocycles. The fraction of sp³-hybridized carbons (Fsp3) is 0.700. The van der Waals surface area contributed by atoms with Crippen molar-refractivity contribution in [3.05, 3.63) is 28.2 Å². The highest BCUT2D eigenvalue weighted by Gasteiger charge is 2.26. The first-order valence-corrected chi connectivity index (χ1v) is 10.5. The third-order valence-corrected chi connectivity index (χ3v) is 5.50. The summed E-state index contributed by atoms with van der Waals surface area (Å²) in [7, 11) is 0. The van der Waals surface area contributed by atoms with E-state index in [1.807, 2.05) is 11.8 Å². The molecule has 2 amide bonds. The van der Waals surface area contributed by atoms with E-state index in [1.165, 1.54) is 29.7 Å². The van der Waals surface area contributed by atoms with Crippen LogP contribution >= 0.6 is 0 Å². The van der Waals surface area contributed by atoms with Gasteiger partial charge in [0.2, 0.25) is 5.91 Å². The summed E-state index contributed by atoms with van der Waals surface area (Å²) in [6.45, 7) is 7.15. The van der Waals surface area contributed by atoms with Gasteiger partial charge in [0.15, 0.2) is 0 Å². The fourth-order valence-electron chi connectivity index (χ4n) is 3.82. The predicted octanol–water partition coefficient (Wildman–Crippen LogP) is 0.814. The molecule has 0 saturated carbocycles. The van der Waals surface area contributed by atoms with E-state index in [2.05, 4.69) is 10.00 Å². The summed E-state index contributed by atoms with van der Waals surface area (Å²) in [6.07, 6.45) is 5.41. The number of amides is 2. The van der Waals surface area contributed by atoms with Crippen molar-refractivity contribution in [3.63, 3.8) is 0 Å². The molecule has 28 heavy (non-hydrogen) atoms. The second kappa shape index (κ2) is 9.82. The van der Waals surface area contributed by atoms with Crippen LogP contribution in [0, 0.1) is 0 Å². The molecular formula is C20H31N5O3. The molecule has 0 bridgehead atoms. The minimum absolute atomic E-state index is 0.150. The zero-order valence-corrected chi connectivity index (χ0v) is 16.8. The summed E-state index contributed by atoms with van der Waals surface area (Å²) in [5.41, 5.74) is 0.123. The van der Waals surface area contributed by atoms with Gasteiger partial charge in [-0.1, -0.05) is 19.8 Å². The van der Waals surface area contributed by atoms with E-state index in [0.717, 1.165) is 32.4 Å². The van der Waals surface area contributed by atoms with Crippen molar-refractivity contribution in [2.45, 2.75) is 45.6 Å². The molecular weight excluding hydrogens is 358 g/mol. The van der Waals surface area contributed by atoms with Crippen LogP contribution in [-0.4, -0.2) is 82.1 Å². The Labute approximate surface area is 166 Å². The highest BCUT2D eigenvalue weighted by atomic mass is 16.2. The molecule has 0 spiro atoms. The number of aromatic nitrogens is 2. The van der Waals surface area contributed by atoms with Crippen molar-refractivity contribution >= 4 is 11.8 Å². The van der Waals surface area contributed by atoms with Crippen molar-refractivity contribution in [1.29, 1.82) is 0 Å². The number of likely N-dealkylation sites (tertiary alicyclic amines) is 1. The van der Waals surface area contributed by atoms with Gasteiger partial charge < -0.3 is 9.80 Å². The molecule has 2 saturated heterocycles. The average molecular weight is 390 g/mol. The van der Waals surface area contributed by atoms with Crippen molar-refractivity contribution in [2.75, 3.05) is 45.8 Å². The zero-order valence-electron chi connectivity index (χ0n) is 16.8. The lowest BCUT2D eigenvalue weighted by molar-refractivity contribution is -0.132. The summed E-state index contributed by atoms with van der Waals surface area (Å²) in [4.78, 5) is 43.0. The molecule has 3 rings (SSSR count). The smallest absolute Gasteiger partial charge is 0.274 e. The third-order valence-electron chi connectivity index (χ3n) is 5.50. The number of hydrogen-bond acceptors (Lipinski definition) is 5. The molecule has 0 atom stereocenters. The van der Waals surface area contributed by atoms with Crippen LogP contribution in [0.4, 0.5) is 0 Å². The van der Waals surface area contributed by atoms with Crippen LogP contribution in [0.3, 0.4) is 0 Å². The van der Waals surface area contributed by atoms with E-state index >= 15 is 0 Å². The Hall–Kier alpha value is -2.22. The Morgan fingerprint density at radius 1 is 0.929 bits per heavy atom. The highest BCUT2D eigenvalue weighted by molar-refractivity contribution is 5.92. The Morgan fingerprint density at radius 2 is 1.61 bits per heavy atom. The summed E-state index contributed by atoms with van der Waals surface area (Å²) in [5, 5.41) is 4.21. The maximum Gasteiger partial charge on any atom is 0.274 e. The van der Waals surface area contributed by atoms with Gasteiger partial charge in [0.1, 0.15) is 5.69 Å². The fourth-order valence-corrected chi connectivity index (χ4v) is 3.82. The lowest BCUT2D eigenvalue weighted by atomic mass is 10.2. The number of aryl methyl sites for hydroxylation is 1. The van der Waals surface area contributed by atoms with Crippen LogP contribution in [0.25, 0.3) is 0 Å². The normalized spacial score (nSPS) is 18.8. The van der Waals surface area contributed by atoms with E-state index in [0.29, 0.717) is 45.0 Å². The van der Waals surface area contributed by atoms with Crippen molar-refractivity contribution < 1.29 is 9.59 Å². The molecule has 0 aromatic carbocycles. The Morgan fingerprint density at radius 3 is 2.25 bits per heavy atom. The van der Waals surface area contributed by atoms with Crippen LogP contribution in [0.5, 0.6) is 0 Å². The summed E-state index contributed by atoms with van der Waals surface area (Å²) in [6, 6.07) is 2.91. The van der Waals surface area contributed by atoms with Crippen molar-refractivity contribution in [3.8, 4) is 0 Å². The van der Waals surface area contributed by atoms with Gasteiger partial charge in [0.05, 0.1) is 6.54 Å². The first-order valence-electron chi connectivity index (χ1n) is 10.5. The zero-order chi connectivity index (χ0) is 19.9. The van der Waals surface area contributed by atoms with Gasteiger partial charge in [-0.2, -0.15) is 5.10 Å². The molecule has 2 aliphatic rings. The lowest BCUT2D eigenvalue weighted by Crippen LogP contribution is -2.52. The molecule has 1 aromatic heterocycles. The van der Waals surface area contributed by atoms with Gasteiger partial charge in [-0.05, 0) is 25.3 Å². The van der Waals surface area contributed by atoms with Crippen LogP contribution in [0.2, 0.25) is 0 Å². The van der Waals surface area contributed by atoms with Gasteiger partial charge in [-0.15, -0.1) is 0 Å². The minimum atomic E-state index is -0.185. The number of carbonyl (C=O) groups is 2. The number of carbonyl (C=O) groups excluding carboxylic acids is 2. The Kier molecular flexibility index (Phi) is 7.19. The van der Waals surface area contributed by atoms with Crippen LogP contribution < -0.4 is 5.56 Å². The molecule has 8 nitrogen and oxygen atoms in total. The quantitative estimate of drug-likeness (QED) is 0.745. The molecule has 8 heteroatoms. The lowest BCUT2D eigenvalue weighted by Gasteiger charge is -2.35. The first-order chi connectivity index (χ1) is 13.6. The minimum Gasteiger partial charge on any atom is -0.342 e. The van der Waals surface area contributed by atoms with Gasteiger partial charge >= 0.3 is 0 Å². The average Bonchev–Trinajstić information content (AvgIpc) is 2.99. The summed E-state index contributed by atoms with van der Waals surface area (Å²) < 4.78 is 1.35. The summed E-state index contributed by atoms with van der Waals surface area (Å²) >= 11 is 0. The van der Waals surface area contributed by atoms with E-state index in [9.17, 15) is 14.4 Å². The van der Waals surface area contributed by atoms with Crippen LogP contribution in [0.15, 0.2) is 16.9 Å². The van der Waals surface area contributed by atoms with Gasteiger partial charge in [-0.3, -0.25) is 19.3 Å². The largest absolute Gasteiger partial charge is 0.342 e. The maximum atomic E-state index is 12.7. The number of piperazine rings is 1. The van der Waals surface area contributed by atoms with Gasteiger partial charge in [0, 0.05) is 51.9 Å². The Balaban J connectivity index is 1.52.